The summed E-state index contributed by atoms with van der Waals surface area (Å²) in [5.41, 5.74) is 6.63. The van der Waals surface area contributed by atoms with E-state index in [4.69, 9.17) is 5.73 Å². The van der Waals surface area contributed by atoms with Crippen molar-refractivity contribution in [3.8, 4) is 0 Å². The van der Waals surface area contributed by atoms with Gasteiger partial charge in [-0.15, -0.1) is 0 Å². The maximum absolute atomic E-state index is 6.28. The molecular formula is C11H23N. The van der Waals surface area contributed by atoms with Gasteiger partial charge in [0.15, 0.2) is 0 Å². The van der Waals surface area contributed by atoms with Gasteiger partial charge < -0.3 is 5.73 Å². The molecule has 2 atom stereocenters. The number of nitrogens with two attached hydrogens (primary N) is 1. The third kappa shape index (κ3) is 1.28. The maximum Gasteiger partial charge on any atom is 0.0180 e. The summed E-state index contributed by atoms with van der Waals surface area (Å²) in [7, 11) is 0. The van der Waals surface area contributed by atoms with E-state index in [2.05, 4.69) is 34.6 Å². The average molecular weight is 169 g/mol. The maximum atomic E-state index is 6.28. The van der Waals surface area contributed by atoms with Crippen LogP contribution in [0.2, 0.25) is 0 Å². The molecule has 1 aliphatic carbocycles. The lowest BCUT2D eigenvalue weighted by Gasteiger charge is -2.40. The smallest absolute Gasteiger partial charge is 0.0180 e. The van der Waals surface area contributed by atoms with Crippen LogP contribution >= 0.6 is 0 Å². The van der Waals surface area contributed by atoms with Crippen LogP contribution in [-0.2, 0) is 0 Å². The molecule has 1 nitrogen and oxygen atoms in total. The first-order chi connectivity index (χ1) is 5.29. The molecule has 0 spiro atoms. The quantitative estimate of drug-likeness (QED) is 0.642. The lowest BCUT2D eigenvalue weighted by Crippen LogP contribution is -2.48. The monoisotopic (exact) mass is 169 g/mol. The standard InChI is InChI=1S/C11H23N/c1-8(2)9-6-7-11(5,12)10(9,3)4/h8-9H,6-7,12H2,1-5H3. The Bertz CT molecular complexity index is 168. The summed E-state index contributed by atoms with van der Waals surface area (Å²) in [5.74, 6) is 1.57. The molecule has 0 aromatic heterocycles. The molecule has 1 fully saturated rings. The van der Waals surface area contributed by atoms with Crippen LogP contribution in [0.25, 0.3) is 0 Å². The van der Waals surface area contributed by atoms with Gasteiger partial charge in [0.1, 0.15) is 0 Å². The van der Waals surface area contributed by atoms with Crippen molar-refractivity contribution >= 4 is 0 Å². The number of rotatable bonds is 1. The van der Waals surface area contributed by atoms with Crippen molar-refractivity contribution in [2.45, 2.75) is 53.0 Å². The van der Waals surface area contributed by atoms with Crippen molar-refractivity contribution in [2.24, 2.45) is 23.0 Å². The van der Waals surface area contributed by atoms with Gasteiger partial charge in [-0.2, -0.15) is 0 Å². The van der Waals surface area contributed by atoms with Crippen LogP contribution in [-0.4, -0.2) is 5.54 Å². The first-order valence-corrected chi connectivity index (χ1v) is 5.08. The lowest BCUT2D eigenvalue weighted by atomic mass is 9.68. The van der Waals surface area contributed by atoms with Gasteiger partial charge in [-0.05, 0) is 37.0 Å². The Morgan fingerprint density at radius 1 is 1.25 bits per heavy atom. The van der Waals surface area contributed by atoms with Gasteiger partial charge in [0.2, 0.25) is 0 Å². The molecule has 1 saturated carbocycles. The predicted molar refractivity (Wildman–Crippen MR) is 53.9 cm³/mol. The van der Waals surface area contributed by atoms with E-state index < -0.39 is 0 Å². The second kappa shape index (κ2) is 2.73. The molecule has 72 valence electrons. The van der Waals surface area contributed by atoms with Crippen LogP contribution in [0, 0.1) is 17.3 Å². The predicted octanol–water partition coefficient (Wildman–Crippen LogP) is 2.80. The summed E-state index contributed by atoms with van der Waals surface area (Å²) < 4.78 is 0. The molecule has 1 heteroatoms. The fourth-order valence-electron chi connectivity index (χ4n) is 2.73. The van der Waals surface area contributed by atoms with Gasteiger partial charge in [-0.1, -0.05) is 27.7 Å². The first kappa shape index (κ1) is 10.0. The zero-order valence-electron chi connectivity index (χ0n) is 9.15. The summed E-state index contributed by atoms with van der Waals surface area (Å²) >= 11 is 0. The second-order valence-corrected chi connectivity index (χ2v) is 5.53. The van der Waals surface area contributed by atoms with Crippen molar-refractivity contribution < 1.29 is 0 Å². The lowest BCUT2D eigenvalue weighted by molar-refractivity contribution is 0.130. The molecule has 0 aliphatic heterocycles. The molecule has 2 unspecified atom stereocenters. The first-order valence-electron chi connectivity index (χ1n) is 5.08. The third-order valence-electron chi connectivity index (χ3n) is 4.18. The molecule has 0 aromatic rings. The fraction of sp³-hybridized carbons (Fsp3) is 1.00. The largest absolute Gasteiger partial charge is 0.325 e. The van der Waals surface area contributed by atoms with Crippen LogP contribution in [0.15, 0.2) is 0 Å². The van der Waals surface area contributed by atoms with Crippen molar-refractivity contribution in [1.29, 1.82) is 0 Å². The molecule has 0 amide bonds. The summed E-state index contributed by atoms with van der Waals surface area (Å²) in [6.45, 7) is 11.5. The Balaban J connectivity index is 2.85. The SMILES string of the molecule is CC(C)C1CCC(C)(N)C1(C)C. The molecular weight excluding hydrogens is 146 g/mol. The van der Waals surface area contributed by atoms with E-state index in [-0.39, 0.29) is 5.54 Å². The molecule has 0 heterocycles. The van der Waals surface area contributed by atoms with Crippen molar-refractivity contribution in [3.05, 3.63) is 0 Å². The Hall–Kier alpha value is -0.0400. The minimum atomic E-state index is 0.0436. The van der Waals surface area contributed by atoms with Gasteiger partial charge >= 0.3 is 0 Å². The minimum Gasteiger partial charge on any atom is -0.325 e. The molecule has 1 aliphatic rings. The van der Waals surface area contributed by atoms with Crippen LogP contribution in [0.5, 0.6) is 0 Å². The van der Waals surface area contributed by atoms with Gasteiger partial charge in [0.25, 0.3) is 0 Å². The Kier molecular flexibility index (Phi) is 2.28. The van der Waals surface area contributed by atoms with E-state index in [9.17, 15) is 0 Å². The van der Waals surface area contributed by atoms with Gasteiger partial charge in [0.05, 0.1) is 0 Å². The number of hydrogen-bond donors (Lipinski definition) is 1. The van der Waals surface area contributed by atoms with Crippen LogP contribution in [0.4, 0.5) is 0 Å². The second-order valence-electron chi connectivity index (χ2n) is 5.53. The zero-order valence-corrected chi connectivity index (χ0v) is 9.15. The summed E-state index contributed by atoms with van der Waals surface area (Å²) in [6, 6.07) is 0. The average Bonchev–Trinajstić information content (AvgIpc) is 2.03. The molecule has 1 rings (SSSR count). The molecule has 0 aromatic carbocycles. The van der Waals surface area contributed by atoms with Gasteiger partial charge in [-0.25, -0.2) is 0 Å². The highest BCUT2D eigenvalue weighted by Crippen LogP contribution is 2.51. The van der Waals surface area contributed by atoms with Crippen molar-refractivity contribution in [2.75, 3.05) is 0 Å². The van der Waals surface area contributed by atoms with Crippen LogP contribution in [0.3, 0.4) is 0 Å². The zero-order chi connectivity index (χ0) is 9.57. The third-order valence-corrected chi connectivity index (χ3v) is 4.18. The molecule has 0 radical (unpaired) electrons. The van der Waals surface area contributed by atoms with E-state index in [1.807, 2.05) is 0 Å². The highest BCUT2D eigenvalue weighted by molar-refractivity contribution is 5.04. The van der Waals surface area contributed by atoms with E-state index in [1.54, 1.807) is 0 Å². The Morgan fingerprint density at radius 3 is 1.92 bits per heavy atom. The van der Waals surface area contributed by atoms with E-state index in [0.717, 1.165) is 11.8 Å². The van der Waals surface area contributed by atoms with Gasteiger partial charge in [-0.3, -0.25) is 0 Å². The van der Waals surface area contributed by atoms with E-state index >= 15 is 0 Å². The minimum absolute atomic E-state index is 0.0436. The normalized spacial score (nSPS) is 40.8. The van der Waals surface area contributed by atoms with Crippen molar-refractivity contribution in [3.63, 3.8) is 0 Å². The molecule has 0 bridgehead atoms. The van der Waals surface area contributed by atoms with Gasteiger partial charge in [0, 0.05) is 5.54 Å². The van der Waals surface area contributed by atoms with E-state index in [0.29, 0.717) is 5.41 Å². The van der Waals surface area contributed by atoms with E-state index in [1.165, 1.54) is 12.8 Å². The molecule has 0 saturated heterocycles. The highest BCUT2D eigenvalue weighted by atomic mass is 14.8. The summed E-state index contributed by atoms with van der Waals surface area (Å²) in [5, 5.41) is 0. The topological polar surface area (TPSA) is 26.0 Å². The fourth-order valence-corrected chi connectivity index (χ4v) is 2.73. The van der Waals surface area contributed by atoms with Crippen LogP contribution in [0.1, 0.15) is 47.5 Å². The molecule has 12 heavy (non-hydrogen) atoms. The molecule has 2 N–H and O–H groups in total. The van der Waals surface area contributed by atoms with Crippen molar-refractivity contribution in [1.82, 2.24) is 0 Å². The summed E-state index contributed by atoms with van der Waals surface area (Å²) in [4.78, 5) is 0. The Morgan fingerprint density at radius 2 is 1.75 bits per heavy atom. The number of hydrogen-bond acceptors (Lipinski definition) is 1. The van der Waals surface area contributed by atoms with Crippen LogP contribution < -0.4 is 5.73 Å². The highest BCUT2D eigenvalue weighted by Gasteiger charge is 2.49. The summed E-state index contributed by atoms with van der Waals surface area (Å²) in [6.07, 6.45) is 2.49. The Labute approximate surface area is 76.7 Å².